The minimum Gasteiger partial charge on any atom is -0.487 e. The van der Waals surface area contributed by atoms with Gasteiger partial charge in [0.25, 0.3) is 5.69 Å². The molecule has 116 valence electrons. The maximum Gasteiger partial charge on any atom is 0.269 e. The Hall–Kier alpha value is -3.22. The quantitative estimate of drug-likeness (QED) is 0.516. The van der Waals surface area contributed by atoms with Crippen LogP contribution in [0.1, 0.15) is 11.3 Å². The molecule has 1 aromatic heterocycles. The Balaban J connectivity index is 1.63. The Labute approximate surface area is 132 Å². The van der Waals surface area contributed by atoms with Crippen molar-refractivity contribution in [3.63, 3.8) is 0 Å². The monoisotopic (exact) mass is 310 g/mol. The van der Waals surface area contributed by atoms with E-state index in [1.165, 1.54) is 12.1 Å². The predicted molar refractivity (Wildman–Crippen MR) is 83.0 cm³/mol. The van der Waals surface area contributed by atoms with Crippen molar-refractivity contribution in [1.29, 1.82) is 0 Å². The molecule has 0 fully saturated rings. The van der Waals surface area contributed by atoms with Crippen LogP contribution in [0.4, 0.5) is 5.69 Å². The van der Waals surface area contributed by atoms with E-state index in [0.29, 0.717) is 18.8 Å². The van der Waals surface area contributed by atoms with E-state index in [1.54, 1.807) is 16.9 Å². The van der Waals surface area contributed by atoms with Crippen LogP contribution in [-0.2, 0) is 13.2 Å². The highest BCUT2D eigenvalue weighted by Crippen LogP contribution is 2.14. The number of non-ortho nitro benzene ring substituents is 1. The summed E-state index contributed by atoms with van der Waals surface area (Å²) in [5, 5.41) is 18.8. The number of benzene rings is 2. The third kappa shape index (κ3) is 3.91. The zero-order valence-electron chi connectivity index (χ0n) is 12.2. The fraction of sp³-hybridized carbons (Fsp3) is 0.125. The van der Waals surface area contributed by atoms with E-state index < -0.39 is 4.92 Å². The lowest BCUT2D eigenvalue weighted by atomic mass is 10.2. The van der Waals surface area contributed by atoms with Crippen LogP contribution in [0.2, 0.25) is 0 Å². The van der Waals surface area contributed by atoms with Crippen molar-refractivity contribution in [3.8, 4) is 5.75 Å². The minimum absolute atomic E-state index is 0.0650. The SMILES string of the molecule is O=[N+]([O-])c1cccc(Cn2cc(COc3ccccc3)nn2)c1. The van der Waals surface area contributed by atoms with E-state index in [0.717, 1.165) is 11.3 Å². The average molecular weight is 310 g/mol. The van der Waals surface area contributed by atoms with Gasteiger partial charge in [0, 0.05) is 12.1 Å². The van der Waals surface area contributed by atoms with Gasteiger partial charge in [-0.1, -0.05) is 35.5 Å². The number of ether oxygens (including phenoxy) is 1. The maximum atomic E-state index is 10.8. The van der Waals surface area contributed by atoms with E-state index in [9.17, 15) is 10.1 Å². The van der Waals surface area contributed by atoms with Gasteiger partial charge in [0.2, 0.25) is 0 Å². The van der Waals surface area contributed by atoms with Gasteiger partial charge in [0.15, 0.2) is 0 Å². The van der Waals surface area contributed by atoms with E-state index in [-0.39, 0.29) is 5.69 Å². The molecule has 0 aliphatic rings. The van der Waals surface area contributed by atoms with Crippen LogP contribution in [0.3, 0.4) is 0 Å². The minimum atomic E-state index is -0.413. The van der Waals surface area contributed by atoms with E-state index in [4.69, 9.17) is 4.74 Å². The van der Waals surface area contributed by atoms with Crippen LogP contribution in [0.5, 0.6) is 5.75 Å². The van der Waals surface area contributed by atoms with Gasteiger partial charge < -0.3 is 4.74 Å². The number of rotatable bonds is 6. The number of hydrogen-bond donors (Lipinski definition) is 0. The van der Waals surface area contributed by atoms with Crippen molar-refractivity contribution in [1.82, 2.24) is 15.0 Å². The zero-order chi connectivity index (χ0) is 16.1. The lowest BCUT2D eigenvalue weighted by Gasteiger charge is -2.02. The Morgan fingerprint density at radius 2 is 1.96 bits per heavy atom. The summed E-state index contributed by atoms with van der Waals surface area (Å²) in [6.07, 6.45) is 1.77. The van der Waals surface area contributed by atoms with Crippen molar-refractivity contribution in [2.45, 2.75) is 13.2 Å². The molecule has 3 rings (SSSR count). The lowest BCUT2D eigenvalue weighted by Crippen LogP contribution is -2.01. The van der Waals surface area contributed by atoms with Gasteiger partial charge >= 0.3 is 0 Å². The molecule has 0 spiro atoms. The van der Waals surface area contributed by atoms with Crippen LogP contribution >= 0.6 is 0 Å². The largest absolute Gasteiger partial charge is 0.487 e. The predicted octanol–water partition coefficient (Wildman–Crippen LogP) is 2.81. The Morgan fingerprint density at radius 1 is 1.13 bits per heavy atom. The van der Waals surface area contributed by atoms with Crippen LogP contribution in [0.15, 0.2) is 60.8 Å². The fourth-order valence-corrected chi connectivity index (χ4v) is 2.11. The highest BCUT2D eigenvalue weighted by atomic mass is 16.6. The van der Waals surface area contributed by atoms with Crippen molar-refractivity contribution in [3.05, 3.63) is 82.2 Å². The molecule has 7 nitrogen and oxygen atoms in total. The number of aromatic nitrogens is 3. The summed E-state index contributed by atoms with van der Waals surface area (Å²) in [5.74, 6) is 0.765. The first-order chi connectivity index (χ1) is 11.2. The van der Waals surface area contributed by atoms with Gasteiger partial charge in [0.05, 0.1) is 17.7 Å². The van der Waals surface area contributed by atoms with Gasteiger partial charge in [-0.05, 0) is 17.7 Å². The third-order valence-corrected chi connectivity index (χ3v) is 3.18. The maximum absolute atomic E-state index is 10.8. The second-order valence-electron chi connectivity index (χ2n) is 4.94. The van der Waals surface area contributed by atoms with Crippen molar-refractivity contribution < 1.29 is 9.66 Å². The van der Waals surface area contributed by atoms with Gasteiger partial charge in [-0.2, -0.15) is 0 Å². The van der Waals surface area contributed by atoms with Crippen molar-refractivity contribution in [2.75, 3.05) is 0 Å². The third-order valence-electron chi connectivity index (χ3n) is 3.18. The van der Waals surface area contributed by atoms with Crippen LogP contribution in [-0.4, -0.2) is 19.9 Å². The molecule has 23 heavy (non-hydrogen) atoms. The first kappa shape index (κ1) is 14.7. The van der Waals surface area contributed by atoms with E-state index >= 15 is 0 Å². The van der Waals surface area contributed by atoms with Gasteiger partial charge in [-0.25, -0.2) is 4.68 Å². The first-order valence-electron chi connectivity index (χ1n) is 7.01. The molecule has 0 bridgehead atoms. The summed E-state index contributed by atoms with van der Waals surface area (Å²) in [5.41, 5.74) is 1.55. The molecule has 0 aliphatic carbocycles. The average Bonchev–Trinajstić information content (AvgIpc) is 3.01. The summed E-state index contributed by atoms with van der Waals surface area (Å²) >= 11 is 0. The standard InChI is InChI=1S/C16H14N4O3/c21-20(22)15-6-4-5-13(9-15)10-19-11-14(17-18-19)12-23-16-7-2-1-3-8-16/h1-9,11H,10,12H2. The number of hydrogen-bond acceptors (Lipinski definition) is 5. The molecule has 0 amide bonds. The summed E-state index contributed by atoms with van der Waals surface area (Å²) in [6, 6.07) is 15.9. The summed E-state index contributed by atoms with van der Waals surface area (Å²) in [7, 11) is 0. The van der Waals surface area contributed by atoms with Crippen molar-refractivity contribution in [2.24, 2.45) is 0 Å². The second-order valence-corrected chi connectivity index (χ2v) is 4.94. The molecular formula is C16H14N4O3. The molecule has 0 saturated heterocycles. The number of para-hydroxylation sites is 1. The number of nitrogens with zero attached hydrogens (tertiary/aromatic N) is 4. The first-order valence-corrected chi connectivity index (χ1v) is 7.01. The number of nitro groups is 1. The van der Waals surface area contributed by atoms with Crippen LogP contribution < -0.4 is 4.74 Å². The highest BCUT2D eigenvalue weighted by molar-refractivity contribution is 5.34. The van der Waals surface area contributed by atoms with Crippen molar-refractivity contribution >= 4 is 5.69 Å². The van der Waals surface area contributed by atoms with Gasteiger partial charge in [0.1, 0.15) is 18.1 Å². The van der Waals surface area contributed by atoms with E-state index in [1.807, 2.05) is 36.4 Å². The molecule has 0 atom stereocenters. The second kappa shape index (κ2) is 6.69. The van der Waals surface area contributed by atoms with Crippen LogP contribution in [0.25, 0.3) is 0 Å². The molecule has 3 aromatic rings. The molecule has 0 aliphatic heterocycles. The Kier molecular flexibility index (Phi) is 4.28. The summed E-state index contributed by atoms with van der Waals surface area (Å²) in [6.45, 7) is 0.735. The highest BCUT2D eigenvalue weighted by Gasteiger charge is 2.07. The Bertz CT molecular complexity index is 802. The van der Waals surface area contributed by atoms with Gasteiger partial charge in [-0.3, -0.25) is 10.1 Å². The number of nitro benzene ring substituents is 1. The Morgan fingerprint density at radius 3 is 2.74 bits per heavy atom. The smallest absolute Gasteiger partial charge is 0.269 e. The zero-order valence-corrected chi connectivity index (χ0v) is 12.2. The molecular weight excluding hydrogens is 296 g/mol. The molecule has 0 saturated carbocycles. The molecule has 7 heteroatoms. The lowest BCUT2D eigenvalue weighted by molar-refractivity contribution is -0.384. The summed E-state index contributed by atoms with van der Waals surface area (Å²) < 4.78 is 7.23. The summed E-state index contributed by atoms with van der Waals surface area (Å²) in [4.78, 5) is 10.4. The molecule has 0 N–H and O–H groups in total. The molecule has 2 aromatic carbocycles. The molecule has 0 radical (unpaired) electrons. The normalized spacial score (nSPS) is 10.4. The molecule has 1 heterocycles. The topological polar surface area (TPSA) is 83.1 Å². The van der Waals surface area contributed by atoms with E-state index in [2.05, 4.69) is 10.3 Å². The molecule has 0 unspecified atom stereocenters. The van der Waals surface area contributed by atoms with Crippen LogP contribution in [0, 0.1) is 10.1 Å². The fourth-order valence-electron chi connectivity index (χ4n) is 2.11. The van der Waals surface area contributed by atoms with Gasteiger partial charge in [-0.15, -0.1) is 5.10 Å².